The summed E-state index contributed by atoms with van der Waals surface area (Å²) in [5, 5.41) is 10.8. The van der Waals surface area contributed by atoms with E-state index in [1.807, 2.05) is 0 Å². The molecule has 0 aliphatic heterocycles. The van der Waals surface area contributed by atoms with Crippen LogP contribution in [-0.4, -0.2) is 20.5 Å². The van der Waals surface area contributed by atoms with Crippen molar-refractivity contribution in [3.05, 3.63) is 46.3 Å². The summed E-state index contributed by atoms with van der Waals surface area (Å²) < 4.78 is 20.4. The Hall–Kier alpha value is -2.12. The Morgan fingerprint density at radius 2 is 2.30 bits per heavy atom. The van der Waals surface area contributed by atoms with E-state index in [0.29, 0.717) is 4.96 Å². The van der Waals surface area contributed by atoms with E-state index in [1.165, 1.54) is 33.9 Å². The molecule has 1 aromatic carbocycles. The maximum Gasteiger partial charge on any atom is 0.358 e. The van der Waals surface area contributed by atoms with E-state index in [-0.39, 0.29) is 22.3 Å². The lowest BCUT2D eigenvalue weighted by Gasteiger charge is -2.05. The molecule has 8 heteroatoms. The predicted octanol–water partition coefficient (Wildman–Crippen LogP) is 3.68. The van der Waals surface area contributed by atoms with E-state index in [4.69, 9.17) is 16.3 Å². The maximum absolute atomic E-state index is 13.8. The molecule has 1 N–H and O–H groups in total. The van der Waals surface area contributed by atoms with E-state index in [9.17, 15) is 14.3 Å². The van der Waals surface area contributed by atoms with Crippen molar-refractivity contribution in [2.75, 3.05) is 0 Å². The molecular formula is C12H6ClFN2O3S. The Morgan fingerprint density at radius 3 is 3.05 bits per heavy atom. The minimum absolute atomic E-state index is 0.111. The van der Waals surface area contributed by atoms with E-state index in [2.05, 4.69) is 4.98 Å². The number of aromatic nitrogens is 2. The lowest BCUT2D eigenvalue weighted by Crippen LogP contribution is -2.03. The van der Waals surface area contributed by atoms with Crippen molar-refractivity contribution in [1.29, 1.82) is 0 Å². The standard InChI is InChI=1S/C12H6ClFN2O3S/c13-6-2-1-3-7(8(6)14)19-10-9(11(17)18)16-4-5-20-12(16)15-10/h1-5H,(H,17,18). The number of carboxylic acid groups (broad SMARTS) is 1. The molecule has 2 heterocycles. The van der Waals surface area contributed by atoms with Gasteiger partial charge in [-0.15, -0.1) is 11.3 Å². The summed E-state index contributed by atoms with van der Waals surface area (Å²) in [5.41, 5.74) is -0.166. The number of aromatic carboxylic acids is 1. The van der Waals surface area contributed by atoms with Crippen LogP contribution in [0, 0.1) is 5.82 Å². The first kappa shape index (κ1) is 12.9. The third-order valence-corrected chi connectivity index (χ3v) is 3.60. The van der Waals surface area contributed by atoms with Gasteiger partial charge in [0.15, 0.2) is 22.2 Å². The lowest BCUT2D eigenvalue weighted by atomic mass is 10.3. The summed E-state index contributed by atoms with van der Waals surface area (Å²) in [6.45, 7) is 0. The minimum Gasteiger partial charge on any atom is -0.476 e. The fourth-order valence-corrected chi connectivity index (χ4v) is 2.57. The summed E-state index contributed by atoms with van der Waals surface area (Å²) in [5.74, 6) is -2.33. The van der Waals surface area contributed by atoms with Crippen LogP contribution in [0.25, 0.3) is 4.96 Å². The molecule has 3 rings (SSSR count). The predicted molar refractivity (Wildman–Crippen MR) is 71.5 cm³/mol. The molecule has 20 heavy (non-hydrogen) atoms. The van der Waals surface area contributed by atoms with Gasteiger partial charge in [-0.1, -0.05) is 17.7 Å². The molecule has 0 saturated carbocycles. The molecule has 5 nitrogen and oxygen atoms in total. The van der Waals surface area contributed by atoms with Crippen molar-refractivity contribution < 1.29 is 19.0 Å². The van der Waals surface area contributed by atoms with Crippen molar-refractivity contribution >= 4 is 33.9 Å². The van der Waals surface area contributed by atoms with E-state index >= 15 is 0 Å². The van der Waals surface area contributed by atoms with Crippen LogP contribution in [-0.2, 0) is 0 Å². The van der Waals surface area contributed by atoms with Gasteiger partial charge in [-0.3, -0.25) is 4.40 Å². The first-order valence-electron chi connectivity index (χ1n) is 5.38. The zero-order chi connectivity index (χ0) is 14.3. The molecule has 0 spiro atoms. The largest absolute Gasteiger partial charge is 0.476 e. The number of halogens is 2. The van der Waals surface area contributed by atoms with Gasteiger partial charge in [0.1, 0.15) is 0 Å². The third-order valence-electron chi connectivity index (χ3n) is 2.56. The number of thiazole rings is 1. The first-order valence-corrected chi connectivity index (χ1v) is 6.64. The highest BCUT2D eigenvalue weighted by Crippen LogP contribution is 2.31. The molecule has 0 bridgehead atoms. The van der Waals surface area contributed by atoms with E-state index in [1.54, 1.807) is 11.6 Å². The monoisotopic (exact) mass is 312 g/mol. The van der Waals surface area contributed by atoms with Gasteiger partial charge in [-0.25, -0.2) is 9.18 Å². The average molecular weight is 313 g/mol. The van der Waals surface area contributed by atoms with Gasteiger partial charge in [0.2, 0.25) is 0 Å². The van der Waals surface area contributed by atoms with Gasteiger partial charge in [0.05, 0.1) is 5.02 Å². The summed E-state index contributed by atoms with van der Waals surface area (Å²) in [6.07, 6.45) is 1.55. The number of ether oxygens (including phenoxy) is 1. The molecule has 0 aliphatic rings. The number of rotatable bonds is 3. The summed E-state index contributed by atoms with van der Waals surface area (Å²) in [4.78, 5) is 15.8. The molecule has 3 aromatic rings. The number of hydrogen-bond donors (Lipinski definition) is 1. The highest BCUT2D eigenvalue weighted by molar-refractivity contribution is 7.15. The second-order valence-electron chi connectivity index (χ2n) is 3.78. The highest BCUT2D eigenvalue weighted by atomic mass is 35.5. The Kier molecular flexibility index (Phi) is 3.07. The Labute approximate surface area is 120 Å². The van der Waals surface area contributed by atoms with Crippen LogP contribution in [0.3, 0.4) is 0 Å². The molecule has 0 fully saturated rings. The van der Waals surface area contributed by atoms with Crippen LogP contribution in [0.15, 0.2) is 29.8 Å². The van der Waals surface area contributed by atoms with Gasteiger partial charge in [-0.2, -0.15) is 4.98 Å². The number of carbonyl (C=O) groups is 1. The Balaban J connectivity index is 2.10. The summed E-state index contributed by atoms with van der Waals surface area (Å²) in [6, 6.07) is 4.22. The van der Waals surface area contributed by atoms with Crippen LogP contribution in [0.1, 0.15) is 10.5 Å². The minimum atomic E-state index is -1.21. The molecule has 0 saturated heterocycles. The van der Waals surface area contributed by atoms with Crippen LogP contribution in [0.2, 0.25) is 5.02 Å². The van der Waals surface area contributed by atoms with Gasteiger partial charge in [0, 0.05) is 11.6 Å². The fraction of sp³-hybridized carbons (Fsp3) is 0. The molecule has 102 valence electrons. The lowest BCUT2D eigenvalue weighted by molar-refractivity contribution is 0.0686. The van der Waals surface area contributed by atoms with Crippen molar-refractivity contribution in [2.45, 2.75) is 0 Å². The number of imidazole rings is 1. The number of benzene rings is 1. The number of fused-ring (bicyclic) bond motifs is 1. The summed E-state index contributed by atoms with van der Waals surface area (Å²) in [7, 11) is 0. The van der Waals surface area contributed by atoms with Gasteiger partial charge >= 0.3 is 5.97 Å². The zero-order valence-corrected chi connectivity index (χ0v) is 11.3. The number of hydrogen-bond acceptors (Lipinski definition) is 4. The van der Waals surface area contributed by atoms with Crippen molar-refractivity contribution in [3.63, 3.8) is 0 Å². The molecule has 0 amide bonds. The highest BCUT2D eigenvalue weighted by Gasteiger charge is 2.22. The molecule has 0 aliphatic carbocycles. The van der Waals surface area contributed by atoms with Crippen molar-refractivity contribution in [1.82, 2.24) is 9.38 Å². The molecule has 0 unspecified atom stereocenters. The van der Waals surface area contributed by atoms with Gasteiger partial charge in [0.25, 0.3) is 5.88 Å². The van der Waals surface area contributed by atoms with Gasteiger partial charge in [-0.05, 0) is 12.1 Å². The van der Waals surface area contributed by atoms with Crippen LogP contribution < -0.4 is 4.74 Å². The Bertz CT molecular complexity index is 814. The SMILES string of the molecule is O=C(O)c1c(Oc2cccc(Cl)c2F)nc2sccn12. The van der Waals surface area contributed by atoms with E-state index < -0.39 is 11.8 Å². The van der Waals surface area contributed by atoms with Crippen molar-refractivity contribution in [3.8, 4) is 11.6 Å². The first-order chi connectivity index (χ1) is 9.58. The second kappa shape index (κ2) is 4.77. The Morgan fingerprint density at radius 1 is 1.50 bits per heavy atom. The topological polar surface area (TPSA) is 63.8 Å². The normalized spacial score (nSPS) is 10.9. The fourth-order valence-electron chi connectivity index (χ4n) is 1.70. The molecular weight excluding hydrogens is 307 g/mol. The van der Waals surface area contributed by atoms with Gasteiger partial charge < -0.3 is 9.84 Å². The van der Waals surface area contributed by atoms with Crippen LogP contribution in [0.4, 0.5) is 4.39 Å². The molecule has 2 aromatic heterocycles. The number of carboxylic acids is 1. The maximum atomic E-state index is 13.8. The smallest absolute Gasteiger partial charge is 0.358 e. The van der Waals surface area contributed by atoms with Crippen LogP contribution in [0.5, 0.6) is 11.6 Å². The molecule has 0 radical (unpaired) electrons. The van der Waals surface area contributed by atoms with E-state index in [0.717, 1.165) is 0 Å². The third kappa shape index (κ3) is 2.00. The van der Waals surface area contributed by atoms with Crippen molar-refractivity contribution in [2.24, 2.45) is 0 Å². The molecule has 0 atom stereocenters. The number of nitrogens with zero attached hydrogens (tertiary/aromatic N) is 2. The van der Waals surface area contributed by atoms with Crippen LogP contribution >= 0.6 is 22.9 Å². The zero-order valence-electron chi connectivity index (χ0n) is 9.71. The second-order valence-corrected chi connectivity index (χ2v) is 5.06. The quantitative estimate of drug-likeness (QED) is 0.801. The average Bonchev–Trinajstić information content (AvgIpc) is 2.94. The summed E-state index contributed by atoms with van der Waals surface area (Å²) >= 11 is 6.89.